The highest BCUT2D eigenvalue weighted by Crippen LogP contribution is 2.30. The molecule has 0 bridgehead atoms. The molecule has 1 aliphatic rings. The molecular weight excluding hydrogens is 308 g/mol. The molecule has 1 saturated heterocycles. The van der Waals surface area contributed by atoms with Crippen molar-refractivity contribution in [2.45, 2.75) is 39.0 Å². The van der Waals surface area contributed by atoms with E-state index in [1.807, 2.05) is 38.1 Å². The summed E-state index contributed by atoms with van der Waals surface area (Å²) in [5.74, 6) is 0.793. The zero-order chi connectivity index (χ0) is 17.3. The van der Waals surface area contributed by atoms with Crippen LogP contribution in [0, 0.1) is 0 Å². The summed E-state index contributed by atoms with van der Waals surface area (Å²) in [4.78, 5) is 26.2. The summed E-state index contributed by atoms with van der Waals surface area (Å²) in [6.45, 7) is 5.71. The summed E-state index contributed by atoms with van der Waals surface area (Å²) >= 11 is 0. The van der Waals surface area contributed by atoms with E-state index in [-0.39, 0.29) is 18.6 Å². The van der Waals surface area contributed by atoms with Crippen LogP contribution in [0.5, 0.6) is 5.75 Å². The highest BCUT2D eigenvalue weighted by atomic mass is 16.5. The molecule has 0 unspecified atom stereocenters. The Morgan fingerprint density at radius 2 is 2.04 bits per heavy atom. The van der Waals surface area contributed by atoms with Gasteiger partial charge in [0, 0.05) is 0 Å². The van der Waals surface area contributed by atoms with Crippen molar-refractivity contribution in [1.29, 1.82) is 0 Å². The highest BCUT2D eigenvalue weighted by molar-refractivity contribution is 6.06. The molecule has 3 rings (SSSR count). The molecule has 6 nitrogen and oxygen atoms in total. The number of ether oxygens (including phenoxy) is 1. The maximum atomic E-state index is 12.8. The van der Waals surface area contributed by atoms with Gasteiger partial charge in [-0.05, 0) is 50.6 Å². The van der Waals surface area contributed by atoms with Gasteiger partial charge in [0.05, 0.1) is 18.9 Å². The molecule has 0 saturated carbocycles. The molecule has 1 fully saturated rings. The fourth-order valence-corrected chi connectivity index (χ4v) is 2.74. The summed E-state index contributed by atoms with van der Waals surface area (Å²) in [7, 11) is 0. The first-order valence-electron chi connectivity index (χ1n) is 7.84. The van der Waals surface area contributed by atoms with Crippen LogP contribution in [-0.4, -0.2) is 22.9 Å². The average Bonchev–Trinajstić information content (AvgIpc) is 3.12. The van der Waals surface area contributed by atoms with Crippen molar-refractivity contribution in [2.75, 3.05) is 0 Å². The van der Waals surface area contributed by atoms with E-state index in [2.05, 4.69) is 5.32 Å². The number of hydrogen-bond donors (Lipinski definition) is 1. The van der Waals surface area contributed by atoms with E-state index in [0.717, 1.165) is 5.56 Å². The lowest BCUT2D eigenvalue weighted by Gasteiger charge is -2.19. The number of furan rings is 1. The molecule has 126 valence electrons. The van der Waals surface area contributed by atoms with Gasteiger partial charge in [0.2, 0.25) is 0 Å². The lowest BCUT2D eigenvalue weighted by molar-refractivity contribution is -0.132. The molecule has 3 amide bonds. The van der Waals surface area contributed by atoms with Gasteiger partial charge in [0.15, 0.2) is 5.54 Å². The molecule has 2 aromatic rings. The standard InChI is InChI=1S/C18H20N2O4/c1-12(2)24-14-7-4-6-13(10-14)11-20-16(21)18(3,19-17(20)22)15-8-5-9-23-15/h4-10,12H,11H2,1-3H3,(H,19,22)/t18-/m1/s1. The van der Waals surface area contributed by atoms with E-state index in [1.54, 1.807) is 19.1 Å². The first-order chi connectivity index (χ1) is 11.4. The minimum atomic E-state index is -1.17. The topological polar surface area (TPSA) is 71.8 Å². The van der Waals surface area contributed by atoms with Crippen LogP contribution < -0.4 is 10.1 Å². The maximum Gasteiger partial charge on any atom is 0.325 e. The van der Waals surface area contributed by atoms with Gasteiger partial charge in [0.25, 0.3) is 5.91 Å². The van der Waals surface area contributed by atoms with Crippen molar-refractivity contribution < 1.29 is 18.7 Å². The van der Waals surface area contributed by atoms with Crippen molar-refractivity contribution >= 4 is 11.9 Å². The van der Waals surface area contributed by atoms with Crippen molar-refractivity contribution in [3.63, 3.8) is 0 Å². The number of rotatable bonds is 5. The number of nitrogens with one attached hydrogen (secondary N) is 1. The van der Waals surface area contributed by atoms with E-state index in [4.69, 9.17) is 9.15 Å². The Labute approximate surface area is 140 Å². The van der Waals surface area contributed by atoms with E-state index >= 15 is 0 Å². The molecular formula is C18H20N2O4. The van der Waals surface area contributed by atoms with E-state index in [9.17, 15) is 9.59 Å². The summed E-state index contributed by atoms with van der Waals surface area (Å²) in [5, 5.41) is 2.71. The number of carbonyl (C=O) groups is 2. The van der Waals surface area contributed by atoms with Gasteiger partial charge in [0.1, 0.15) is 11.5 Å². The molecule has 0 spiro atoms. The second-order valence-electron chi connectivity index (χ2n) is 6.24. The Balaban J connectivity index is 1.81. The number of benzene rings is 1. The number of carbonyl (C=O) groups excluding carboxylic acids is 2. The van der Waals surface area contributed by atoms with Crippen LogP contribution in [-0.2, 0) is 16.9 Å². The van der Waals surface area contributed by atoms with E-state index < -0.39 is 11.6 Å². The molecule has 1 aliphatic heterocycles. The molecule has 1 aromatic carbocycles. The van der Waals surface area contributed by atoms with Gasteiger partial charge in [-0.25, -0.2) is 4.79 Å². The number of nitrogens with zero attached hydrogens (tertiary/aromatic N) is 1. The number of urea groups is 1. The van der Waals surface area contributed by atoms with Gasteiger partial charge in [-0.1, -0.05) is 12.1 Å². The van der Waals surface area contributed by atoms with Gasteiger partial charge < -0.3 is 14.5 Å². The van der Waals surface area contributed by atoms with Crippen LogP contribution >= 0.6 is 0 Å². The predicted octanol–water partition coefficient (Wildman–Crippen LogP) is 3.03. The molecule has 0 aliphatic carbocycles. The zero-order valence-corrected chi connectivity index (χ0v) is 13.9. The Hall–Kier alpha value is -2.76. The van der Waals surface area contributed by atoms with Crippen LogP contribution in [0.1, 0.15) is 32.1 Å². The van der Waals surface area contributed by atoms with Crippen LogP contribution in [0.2, 0.25) is 0 Å². The fraction of sp³-hybridized carbons (Fsp3) is 0.333. The third-order valence-electron chi connectivity index (χ3n) is 3.90. The van der Waals surface area contributed by atoms with E-state index in [0.29, 0.717) is 11.5 Å². The number of imide groups is 1. The second-order valence-corrected chi connectivity index (χ2v) is 6.24. The molecule has 1 atom stereocenters. The molecule has 6 heteroatoms. The van der Waals surface area contributed by atoms with Crippen molar-refractivity contribution in [3.8, 4) is 5.75 Å². The van der Waals surface area contributed by atoms with Gasteiger partial charge in [-0.2, -0.15) is 0 Å². The lowest BCUT2D eigenvalue weighted by atomic mass is 9.99. The highest BCUT2D eigenvalue weighted by Gasteiger charge is 2.50. The smallest absolute Gasteiger partial charge is 0.325 e. The molecule has 1 aromatic heterocycles. The van der Waals surface area contributed by atoms with Crippen molar-refractivity contribution in [1.82, 2.24) is 10.2 Å². The zero-order valence-electron chi connectivity index (χ0n) is 13.9. The first-order valence-corrected chi connectivity index (χ1v) is 7.84. The molecule has 1 N–H and O–H groups in total. The minimum Gasteiger partial charge on any atom is -0.491 e. The van der Waals surface area contributed by atoms with Crippen molar-refractivity contribution in [3.05, 3.63) is 54.0 Å². The second kappa shape index (κ2) is 6.03. The van der Waals surface area contributed by atoms with Gasteiger partial charge >= 0.3 is 6.03 Å². The van der Waals surface area contributed by atoms with Crippen LogP contribution in [0.3, 0.4) is 0 Å². The quantitative estimate of drug-likeness (QED) is 0.856. The molecule has 24 heavy (non-hydrogen) atoms. The van der Waals surface area contributed by atoms with Gasteiger partial charge in [-0.15, -0.1) is 0 Å². The average molecular weight is 328 g/mol. The minimum absolute atomic E-state index is 0.0548. The Bertz CT molecular complexity index is 754. The Morgan fingerprint density at radius 3 is 2.71 bits per heavy atom. The maximum absolute atomic E-state index is 12.8. The van der Waals surface area contributed by atoms with Crippen molar-refractivity contribution in [2.24, 2.45) is 0 Å². The largest absolute Gasteiger partial charge is 0.491 e. The molecule has 2 heterocycles. The Morgan fingerprint density at radius 1 is 1.25 bits per heavy atom. The summed E-state index contributed by atoms with van der Waals surface area (Å²) in [5.41, 5.74) is -0.354. The van der Waals surface area contributed by atoms with Crippen LogP contribution in [0.15, 0.2) is 47.1 Å². The van der Waals surface area contributed by atoms with Crippen LogP contribution in [0.4, 0.5) is 4.79 Å². The normalized spacial score (nSPS) is 20.6. The third-order valence-corrected chi connectivity index (χ3v) is 3.90. The first kappa shape index (κ1) is 16.1. The summed E-state index contributed by atoms with van der Waals surface area (Å²) in [6, 6.07) is 10.3. The van der Waals surface area contributed by atoms with E-state index in [1.165, 1.54) is 11.2 Å². The number of amides is 3. The lowest BCUT2D eigenvalue weighted by Crippen LogP contribution is -2.40. The third kappa shape index (κ3) is 2.87. The van der Waals surface area contributed by atoms with Gasteiger partial charge in [-0.3, -0.25) is 9.69 Å². The van der Waals surface area contributed by atoms with Crippen LogP contribution in [0.25, 0.3) is 0 Å². The predicted molar refractivity (Wildman–Crippen MR) is 87.3 cm³/mol. The number of hydrogen-bond acceptors (Lipinski definition) is 4. The fourth-order valence-electron chi connectivity index (χ4n) is 2.74. The SMILES string of the molecule is CC(C)Oc1cccc(CN2C(=O)N[C@](C)(c3ccco3)C2=O)c1. The molecule has 0 radical (unpaired) electrons. The summed E-state index contributed by atoms with van der Waals surface area (Å²) in [6.07, 6.45) is 1.54. The monoisotopic (exact) mass is 328 g/mol. The Kier molecular flexibility index (Phi) is 4.05. The summed E-state index contributed by atoms with van der Waals surface area (Å²) < 4.78 is 11.0.